The first-order valence-corrected chi connectivity index (χ1v) is 16.4. The van der Waals surface area contributed by atoms with Crippen LogP contribution < -0.4 is 0 Å². The molecule has 1 fully saturated rings. The Morgan fingerprint density at radius 1 is 0.850 bits per heavy atom. The molecule has 2 amide bonds. The molecule has 40 heavy (non-hydrogen) atoms. The van der Waals surface area contributed by atoms with E-state index in [0.29, 0.717) is 26.1 Å². The monoisotopic (exact) mass is 571 g/mol. The van der Waals surface area contributed by atoms with Crippen molar-refractivity contribution in [3.05, 3.63) is 57.5 Å². The molecule has 0 N–H and O–H groups in total. The Kier molecular flexibility index (Phi) is 14.7. The van der Waals surface area contributed by atoms with Crippen molar-refractivity contribution < 1.29 is 14.0 Å². The predicted octanol–water partition coefficient (Wildman–Crippen LogP) is 7.57. The molecule has 0 saturated carbocycles. The molecule has 0 radical (unpaired) electrons. The standard InChI is InChI=1S/C33H50FN3O2S/c1-3-4-5-6-7-8-9-10-11-14-32(38)36(23-22-35-20-12-13-21-35)27-33(39)37(26-31-28(2)19-24-40-31)25-29-15-17-30(34)18-16-29/h15-19,24H,3-14,20-23,25-27H2,1-2H3. The number of aryl methyl sites for hydroxylation is 1. The van der Waals surface area contributed by atoms with Crippen LogP contribution in [0.4, 0.5) is 4.39 Å². The molecule has 1 aliphatic rings. The quantitative estimate of drug-likeness (QED) is 0.163. The smallest absolute Gasteiger partial charge is 0.242 e. The van der Waals surface area contributed by atoms with Crippen LogP contribution >= 0.6 is 11.3 Å². The zero-order valence-electron chi connectivity index (χ0n) is 24.8. The lowest BCUT2D eigenvalue weighted by atomic mass is 10.1. The van der Waals surface area contributed by atoms with Crippen LogP contribution in [-0.4, -0.2) is 59.2 Å². The molecule has 222 valence electrons. The Labute approximate surface area is 245 Å². The van der Waals surface area contributed by atoms with Crippen LogP contribution in [0.15, 0.2) is 35.7 Å². The highest BCUT2D eigenvalue weighted by Gasteiger charge is 2.23. The highest BCUT2D eigenvalue weighted by molar-refractivity contribution is 7.10. The third kappa shape index (κ3) is 11.7. The summed E-state index contributed by atoms with van der Waals surface area (Å²) in [4.78, 5) is 34.3. The maximum Gasteiger partial charge on any atom is 0.242 e. The summed E-state index contributed by atoms with van der Waals surface area (Å²) in [5.74, 6) is -0.255. The second kappa shape index (κ2) is 18.2. The van der Waals surface area contributed by atoms with Gasteiger partial charge in [0, 0.05) is 30.9 Å². The van der Waals surface area contributed by atoms with Crippen LogP contribution in [-0.2, 0) is 22.7 Å². The molecule has 0 aliphatic carbocycles. The molecule has 2 aromatic rings. The number of carbonyl (C=O) groups excluding carboxylic acids is 2. The largest absolute Gasteiger partial charge is 0.332 e. The summed E-state index contributed by atoms with van der Waals surface area (Å²) in [7, 11) is 0. The van der Waals surface area contributed by atoms with Gasteiger partial charge in [-0.3, -0.25) is 9.59 Å². The summed E-state index contributed by atoms with van der Waals surface area (Å²) in [5.41, 5.74) is 2.04. The van der Waals surface area contributed by atoms with Crippen molar-refractivity contribution in [1.29, 1.82) is 0 Å². The summed E-state index contributed by atoms with van der Waals surface area (Å²) < 4.78 is 13.5. The Balaban J connectivity index is 1.58. The zero-order chi connectivity index (χ0) is 28.6. The molecule has 1 aliphatic heterocycles. The third-order valence-corrected chi connectivity index (χ3v) is 9.01. The zero-order valence-corrected chi connectivity index (χ0v) is 25.7. The van der Waals surface area contributed by atoms with Gasteiger partial charge in [-0.2, -0.15) is 0 Å². The molecule has 0 bridgehead atoms. The molecule has 1 saturated heterocycles. The number of unbranched alkanes of at least 4 members (excludes halogenated alkanes) is 8. The second-order valence-corrected chi connectivity index (χ2v) is 12.3. The average Bonchev–Trinajstić information content (AvgIpc) is 3.62. The first-order valence-electron chi connectivity index (χ1n) is 15.5. The van der Waals surface area contributed by atoms with E-state index in [1.807, 2.05) is 10.3 Å². The van der Waals surface area contributed by atoms with Gasteiger partial charge in [0.05, 0.1) is 13.1 Å². The van der Waals surface area contributed by atoms with Gasteiger partial charge in [0.25, 0.3) is 0 Å². The van der Waals surface area contributed by atoms with E-state index in [1.165, 1.54) is 69.9 Å². The first kappa shape index (κ1) is 32.3. The van der Waals surface area contributed by atoms with Gasteiger partial charge in [-0.05, 0) is 74.0 Å². The van der Waals surface area contributed by atoms with Crippen molar-refractivity contribution >= 4 is 23.2 Å². The fourth-order valence-electron chi connectivity index (χ4n) is 5.35. The van der Waals surface area contributed by atoms with Gasteiger partial charge in [-0.15, -0.1) is 11.3 Å². The van der Waals surface area contributed by atoms with Gasteiger partial charge in [-0.1, -0.05) is 70.4 Å². The first-order chi connectivity index (χ1) is 19.5. The number of amides is 2. The van der Waals surface area contributed by atoms with Crippen LogP contribution in [0, 0.1) is 12.7 Å². The van der Waals surface area contributed by atoms with Gasteiger partial charge in [-0.25, -0.2) is 4.39 Å². The lowest BCUT2D eigenvalue weighted by molar-refractivity contribution is -0.141. The van der Waals surface area contributed by atoms with Crippen molar-refractivity contribution in [2.24, 2.45) is 0 Å². The second-order valence-electron chi connectivity index (χ2n) is 11.3. The van der Waals surface area contributed by atoms with E-state index in [0.717, 1.165) is 48.5 Å². The fraction of sp³-hybridized carbons (Fsp3) is 0.636. The van der Waals surface area contributed by atoms with Crippen LogP contribution in [0.25, 0.3) is 0 Å². The highest BCUT2D eigenvalue weighted by Crippen LogP contribution is 2.20. The van der Waals surface area contributed by atoms with Crippen molar-refractivity contribution in [2.75, 3.05) is 32.7 Å². The van der Waals surface area contributed by atoms with Crippen LogP contribution in [0.5, 0.6) is 0 Å². The van der Waals surface area contributed by atoms with E-state index in [9.17, 15) is 14.0 Å². The number of halogens is 1. The van der Waals surface area contributed by atoms with Crippen LogP contribution in [0.1, 0.15) is 100.0 Å². The van der Waals surface area contributed by atoms with Crippen molar-refractivity contribution in [3.8, 4) is 0 Å². The molecule has 7 heteroatoms. The van der Waals surface area contributed by atoms with E-state index in [1.54, 1.807) is 28.4 Å². The van der Waals surface area contributed by atoms with Gasteiger partial charge in [0.2, 0.25) is 11.8 Å². The van der Waals surface area contributed by atoms with Crippen molar-refractivity contribution in [3.63, 3.8) is 0 Å². The molecule has 1 aromatic carbocycles. The van der Waals surface area contributed by atoms with Crippen LogP contribution in [0.3, 0.4) is 0 Å². The molecular weight excluding hydrogens is 521 g/mol. The normalized spacial score (nSPS) is 13.6. The van der Waals surface area contributed by atoms with E-state index in [-0.39, 0.29) is 24.2 Å². The number of hydrogen-bond acceptors (Lipinski definition) is 4. The average molecular weight is 572 g/mol. The summed E-state index contributed by atoms with van der Waals surface area (Å²) in [5, 5.41) is 2.04. The summed E-state index contributed by atoms with van der Waals surface area (Å²) in [6, 6.07) is 8.41. The molecular formula is C33H50FN3O2S. The summed E-state index contributed by atoms with van der Waals surface area (Å²) in [6.45, 7) is 8.83. The van der Waals surface area contributed by atoms with Crippen LogP contribution in [0.2, 0.25) is 0 Å². The molecule has 2 heterocycles. The van der Waals surface area contributed by atoms with E-state index in [2.05, 4.69) is 24.8 Å². The summed E-state index contributed by atoms with van der Waals surface area (Å²) >= 11 is 1.64. The lowest BCUT2D eigenvalue weighted by Crippen LogP contribution is -2.45. The molecule has 3 rings (SSSR count). The maximum absolute atomic E-state index is 13.7. The fourth-order valence-corrected chi connectivity index (χ4v) is 6.27. The van der Waals surface area contributed by atoms with Gasteiger partial charge in [0.15, 0.2) is 0 Å². The number of benzene rings is 1. The number of nitrogens with zero attached hydrogens (tertiary/aromatic N) is 3. The summed E-state index contributed by atoms with van der Waals surface area (Å²) in [6.07, 6.45) is 13.8. The number of likely N-dealkylation sites (tertiary alicyclic amines) is 1. The van der Waals surface area contributed by atoms with Gasteiger partial charge >= 0.3 is 0 Å². The van der Waals surface area contributed by atoms with E-state index in [4.69, 9.17) is 0 Å². The molecule has 0 atom stereocenters. The predicted molar refractivity (Wildman–Crippen MR) is 164 cm³/mol. The Morgan fingerprint density at radius 3 is 2.12 bits per heavy atom. The topological polar surface area (TPSA) is 43.9 Å². The molecule has 0 unspecified atom stereocenters. The van der Waals surface area contributed by atoms with Crippen molar-refractivity contribution in [2.45, 2.75) is 104 Å². The highest BCUT2D eigenvalue weighted by atomic mass is 32.1. The molecule has 1 aromatic heterocycles. The minimum absolute atomic E-state index is 0.0565. The Hall–Kier alpha value is -2.25. The van der Waals surface area contributed by atoms with Crippen molar-refractivity contribution in [1.82, 2.24) is 14.7 Å². The third-order valence-electron chi connectivity index (χ3n) is 8.00. The minimum atomic E-state index is -0.286. The maximum atomic E-state index is 13.7. The Bertz CT molecular complexity index is 1000. The molecule has 0 spiro atoms. The SMILES string of the molecule is CCCCCCCCCCCC(=O)N(CCN1CCCC1)CC(=O)N(Cc1ccc(F)cc1)Cc1sccc1C. The Morgan fingerprint density at radius 2 is 1.50 bits per heavy atom. The van der Waals surface area contributed by atoms with E-state index >= 15 is 0 Å². The van der Waals surface area contributed by atoms with E-state index < -0.39 is 0 Å². The number of rotatable bonds is 19. The molecule has 5 nitrogen and oxygen atoms in total. The lowest BCUT2D eigenvalue weighted by Gasteiger charge is -2.29. The number of thiophene rings is 1. The van der Waals surface area contributed by atoms with Gasteiger partial charge in [0.1, 0.15) is 5.82 Å². The number of carbonyl (C=O) groups is 2. The number of hydrogen-bond donors (Lipinski definition) is 0. The van der Waals surface area contributed by atoms with Gasteiger partial charge < -0.3 is 14.7 Å². The minimum Gasteiger partial charge on any atom is -0.332 e.